The van der Waals surface area contributed by atoms with Crippen molar-refractivity contribution >= 4 is 23.3 Å². The Kier molecular flexibility index (Phi) is 5.40. The van der Waals surface area contributed by atoms with Crippen molar-refractivity contribution in [1.29, 1.82) is 0 Å². The number of fused-ring (bicyclic) bond motifs is 1. The van der Waals surface area contributed by atoms with Crippen molar-refractivity contribution in [2.45, 2.75) is 13.8 Å². The van der Waals surface area contributed by atoms with Gasteiger partial charge in [0.1, 0.15) is 17.0 Å². The standard InChI is InChI=1S/C22H18N2O7/c1-12(25)15-8-17-18(30-11-29-17)9-16(15)23-19(26)10-28-22(27)20-13(2)31-24-21(20)14-6-4-3-5-7-14/h3-9H,10-11H2,1-2H3,(H,23,26). The molecule has 0 saturated carbocycles. The first kappa shape index (κ1) is 20.1. The van der Waals surface area contributed by atoms with E-state index in [1.165, 1.54) is 19.1 Å². The van der Waals surface area contributed by atoms with Gasteiger partial charge in [0.15, 0.2) is 23.9 Å². The van der Waals surface area contributed by atoms with Crippen LogP contribution in [-0.2, 0) is 9.53 Å². The number of ketones is 1. The van der Waals surface area contributed by atoms with Crippen molar-refractivity contribution in [2.75, 3.05) is 18.7 Å². The molecule has 3 aromatic rings. The molecule has 0 fully saturated rings. The summed E-state index contributed by atoms with van der Waals surface area (Å²) in [5.74, 6) is -0.525. The van der Waals surface area contributed by atoms with Gasteiger partial charge >= 0.3 is 5.97 Å². The van der Waals surface area contributed by atoms with Crippen LogP contribution in [0.1, 0.15) is 33.4 Å². The molecule has 0 unspecified atom stereocenters. The third-order valence-electron chi connectivity index (χ3n) is 4.61. The third-order valence-corrected chi connectivity index (χ3v) is 4.61. The molecule has 9 nitrogen and oxygen atoms in total. The summed E-state index contributed by atoms with van der Waals surface area (Å²) >= 11 is 0. The second kappa shape index (κ2) is 8.31. The maximum Gasteiger partial charge on any atom is 0.344 e. The summed E-state index contributed by atoms with van der Waals surface area (Å²) < 4.78 is 20.8. The Labute approximate surface area is 176 Å². The van der Waals surface area contributed by atoms with E-state index in [9.17, 15) is 14.4 Å². The molecule has 31 heavy (non-hydrogen) atoms. The number of anilines is 1. The molecule has 1 aliphatic heterocycles. The van der Waals surface area contributed by atoms with Crippen LogP contribution < -0.4 is 14.8 Å². The molecular weight excluding hydrogens is 404 g/mol. The van der Waals surface area contributed by atoms with Crippen molar-refractivity contribution in [3.8, 4) is 22.8 Å². The summed E-state index contributed by atoms with van der Waals surface area (Å²) in [5, 5.41) is 6.50. The molecule has 2 heterocycles. The monoisotopic (exact) mass is 422 g/mol. The van der Waals surface area contributed by atoms with Crippen LogP contribution in [0.2, 0.25) is 0 Å². The Morgan fingerprint density at radius 3 is 2.52 bits per heavy atom. The fourth-order valence-corrected chi connectivity index (χ4v) is 3.13. The largest absolute Gasteiger partial charge is 0.454 e. The topological polar surface area (TPSA) is 117 Å². The van der Waals surface area contributed by atoms with E-state index in [1.54, 1.807) is 31.2 Å². The maximum absolute atomic E-state index is 12.6. The van der Waals surface area contributed by atoms with Gasteiger partial charge in [-0.15, -0.1) is 0 Å². The summed E-state index contributed by atoms with van der Waals surface area (Å²) in [4.78, 5) is 36.9. The first-order valence-electron chi connectivity index (χ1n) is 9.37. The first-order valence-corrected chi connectivity index (χ1v) is 9.37. The quantitative estimate of drug-likeness (QED) is 0.475. The molecule has 0 spiro atoms. The highest BCUT2D eigenvalue weighted by Gasteiger charge is 2.24. The minimum Gasteiger partial charge on any atom is -0.454 e. The second-order valence-electron chi connectivity index (χ2n) is 6.76. The van der Waals surface area contributed by atoms with Crippen LogP contribution in [0.25, 0.3) is 11.3 Å². The van der Waals surface area contributed by atoms with Gasteiger partial charge in [-0.2, -0.15) is 0 Å². The lowest BCUT2D eigenvalue weighted by Crippen LogP contribution is -2.22. The van der Waals surface area contributed by atoms with E-state index >= 15 is 0 Å². The van der Waals surface area contributed by atoms with Crippen LogP contribution in [0.5, 0.6) is 11.5 Å². The highest BCUT2D eigenvalue weighted by atomic mass is 16.7. The Bertz CT molecular complexity index is 1170. The fraction of sp³-hybridized carbons (Fsp3) is 0.182. The van der Waals surface area contributed by atoms with Crippen molar-refractivity contribution in [3.05, 3.63) is 59.4 Å². The highest BCUT2D eigenvalue weighted by Crippen LogP contribution is 2.37. The maximum atomic E-state index is 12.6. The van der Waals surface area contributed by atoms with Crippen LogP contribution in [-0.4, -0.2) is 36.2 Å². The Hall–Kier alpha value is -4.14. The molecule has 1 aliphatic rings. The van der Waals surface area contributed by atoms with Gasteiger partial charge < -0.3 is 24.1 Å². The number of hydrogen-bond donors (Lipinski definition) is 1. The number of esters is 1. The predicted molar refractivity (Wildman–Crippen MR) is 108 cm³/mol. The van der Waals surface area contributed by atoms with Crippen molar-refractivity contribution in [2.24, 2.45) is 0 Å². The summed E-state index contributed by atoms with van der Waals surface area (Å²) in [6.45, 7) is 2.42. The van der Waals surface area contributed by atoms with Crippen LogP contribution in [0, 0.1) is 6.92 Å². The van der Waals surface area contributed by atoms with Gasteiger partial charge in [0.2, 0.25) is 6.79 Å². The summed E-state index contributed by atoms with van der Waals surface area (Å²) in [5.41, 5.74) is 1.65. The first-order chi connectivity index (χ1) is 14.9. The van der Waals surface area contributed by atoms with Gasteiger partial charge in [-0.3, -0.25) is 9.59 Å². The number of carbonyl (C=O) groups is 3. The summed E-state index contributed by atoms with van der Waals surface area (Å²) in [6, 6.07) is 12.0. The zero-order chi connectivity index (χ0) is 22.0. The average molecular weight is 422 g/mol. The SMILES string of the molecule is CC(=O)c1cc2c(cc1NC(=O)COC(=O)c1c(-c3ccccc3)noc1C)OCO2. The van der Waals surface area contributed by atoms with Gasteiger partial charge in [0, 0.05) is 17.2 Å². The molecule has 0 aliphatic carbocycles. The van der Waals surface area contributed by atoms with Crippen LogP contribution >= 0.6 is 0 Å². The molecule has 1 amide bonds. The normalized spacial score (nSPS) is 11.8. The third kappa shape index (κ3) is 4.11. The van der Waals surface area contributed by atoms with Gasteiger partial charge in [0.05, 0.1) is 5.69 Å². The number of Topliss-reactive ketones (excluding diaryl/α,β-unsaturated/α-hetero) is 1. The molecule has 0 saturated heterocycles. The van der Waals surface area contributed by atoms with Gasteiger partial charge in [-0.25, -0.2) is 4.79 Å². The lowest BCUT2D eigenvalue weighted by atomic mass is 10.1. The number of nitrogens with zero attached hydrogens (tertiary/aromatic N) is 1. The molecular formula is C22H18N2O7. The Morgan fingerprint density at radius 2 is 1.81 bits per heavy atom. The lowest BCUT2D eigenvalue weighted by Gasteiger charge is -2.11. The minimum absolute atomic E-state index is 0.0313. The van der Waals surface area contributed by atoms with Crippen molar-refractivity contribution < 1.29 is 33.1 Å². The molecule has 1 N–H and O–H groups in total. The number of rotatable bonds is 6. The molecule has 9 heteroatoms. The number of benzene rings is 2. The number of aryl methyl sites for hydroxylation is 1. The number of nitrogens with one attached hydrogen (secondary N) is 1. The average Bonchev–Trinajstić information content (AvgIpc) is 3.38. The molecule has 1 aromatic heterocycles. The van der Waals surface area contributed by atoms with Crippen molar-refractivity contribution in [3.63, 3.8) is 0 Å². The molecule has 4 rings (SSSR count). The molecule has 0 atom stereocenters. The summed E-state index contributed by atoms with van der Waals surface area (Å²) in [7, 11) is 0. The molecule has 2 aromatic carbocycles. The van der Waals surface area contributed by atoms with Gasteiger partial charge in [-0.1, -0.05) is 35.5 Å². The van der Waals surface area contributed by atoms with Crippen molar-refractivity contribution in [1.82, 2.24) is 5.16 Å². The number of ether oxygens (including phenoxy) is 3. The zero-order valence-electron chi connectivity index (χ0n) is 16.8. The van der Waals surface area contributed by atoms with E-state index in [4.69, 9.17) is 18.7 Å². The number of carbonyl (C=O) groups excluding carboxylic acids is 3. The van der Waals surface area contributed by atoms with Gasteiger partial charge in [0.25, 0.3) is 5.91 Å². The number of amides is 1. The molecule has 158 valence electrons. The zero-order valence-corrected chi connectivity index (χ0v) is 16.8. The van der Waals surface area contributed by atoms with Crippen LogP contribution in [0.4, 0.5) is 5.69 Å². The second-order valence-corrected chi connectivity index (χ2v) is 6.76. The molecule has 0 bridgehead atoms. The van der Waals surface area contributed by atoms with E-state index in [1.807, 2.05) is 6.07 Å². The van der Waals surface area contributed by atoms with E-state index in [0.29, 0.717) is 22.8 Å². The Morgan fingerprint density at radius 1 is 1.10 bits per heavy atom. The van der Waals surface area contributed by atoms with E-state index < -0.39 is 18.5 Å². The van der Waals surface area contributed by atoms with Crippen LogP contribution in [0.15, 0.2) is 47.0 Å². The summed E-state index contributed by atoms with van der Waals surface area (Å²) in [6.07, 6.45) is 0. The predicted octanol–water partition coefficient (Wildman–Crippen LogP) is 3.38. The van der Waals surface area contributed by atoms with E-state index in [0.717, 1.165) is 0 Å². The highest BCUT2D eigenvalue weighted by molar-refractivity contribution is 6.05. The van der Waals surface area contributed by atoms with E-state index in [-0.39, 0.29) is 35.2 Å². The smallest absolute Gasteiger partial charge is 0.344 e. The number of hydrogen-bond acceptors (Lipinski definition) is 8. The number of aromatic nitrogens is 1. The minimum atomic E-state index is -0.745. The Balaban J connectivity index is 1.47. The fourth-order valence-electron chi connectivity index (χ4n) is 3.13. The van der Waals surface area contributed by atoms with Gasteiger partial charge in [-0.05, 0) is 19.9 Å². The molecule has 0 radical (unpaired) electrons. The lowest BCUT2D eigenvalue weighted by molar-refractivity contribution is -0.119. The van der Waals surface area contributed by atoms with E-state index in [2.05, 4.69) is 10.5 Å². The van der Waals surface area contributed by atoms with Crippen LogP contribution in [0.3, 0.4) is 0 Å².